The quantitative estimate of drug-likeness (QED) is 0.576. The predicted octanol–water partition coefficient (Wildman–Crippen LogP) is 3.60. The number of nitrogens with zero attached hydrogens (tertiary/aromatic N) is 1. The third kappa shape index (κ3) is 2.54. The van der Waals surface area contributed by atoms with Crippen LogP contribution in [0.5, 0.6) is 0 Å². The highest BCUT2D eigenvalue weighted by molar-refractivity contribution is 5.66. The van der Waals surface area contributed by atoms with Crippen LogP contribution < -0.4 is 0 Å². The third-order valence-corrected chi connectivity index (χ3v) is 4.95. The van der Waals surface area contributed by atoms with Gasteiger partial charge in [0.15, 0.2) is 0 Å². The molecule has 0 bridgehead atoms. The zero-order chi connectivity index (χ0) is 14.0. The zero-order valence-electron chi connectivity index (χ0n) is 12.1. The normalized spacial score (nSPS) is 34.9. The summed E-state index contributed by atoms with van der Waals surface area (Å²) in [4.78, 5) is 11.2. The molecule has 0 radical (unpaired) electrons. The van der Waals surface area contributed by atoms with Gasteiger partial charge < -0.3 is 4.74 Å². The first-order valence-electron chi connectivity index (χ1n) is 7.23. The molecule has 2 rings (SSSR count). The van der Waals surface area contributed by atoms with E-state index in [0.29, 0.717) is 18.3 Å². The van der Waals surface area contributed by atoms with Crippen molar-refractivity contribution in [1.29, 1.82) is 5.26 Å². The van der Waals surface area contributed by atoms with Crippen molar-refractivity contribution in [3.63, 3.8) is 0 Å². The number of carbonyl (C=O) groups excluding carboxylic acids is 1. The van der Waals surface area contributed by atoms with E-state index >= 15 is 0 Å². The molecule has 0 amide bonds. The summed E-state index contributed by atoms with van der Waals surface area (Å²) in [5.41, 5.74) is 1.53. The summed E-state index contributed by atoms with van der Waals surface area (Å²) >= 11 is 0. The average molecular weight is 261 g/mol. The molecule has 19 heavy (non-hydrogen) atoms. The van der Waals surface area contributed by atoms with Crippen LogP contribution in [0.4, 0.5) is 0 Å². The van der Waals surface area contributed by atoms with Gasteiger partial charge in [-0.15, -0.1) is 0 Å². The minimum absolute atomic E-state index is 0.0549. The van der Waals surface area contributed by atoms with E-state index in [9.17, 15) is 4.79 Å². The first-order chi connectivity index (χ1) is 8.99. The maximum Gasteiger partial charge on any atom is 0.302 e. The maximum atomic E-state index is 11.2. The van der Waals surface area contributed by atoms with Gasteiger partial charge in [-0.25, -0.2) is 0 Å². The number of rotatable bonds is 3. The van der Waals surface area contributed by atoms with Gasteiger partial charge in [-0.2, -0.15) is 5.26 Å². The van der Waals surface area contributed by atoms with Crippen LogP contribution in [0.3, 0.4) is 0 Å². The minimum atomic E-state index is -0.173. The van der Waals surface area contributed by atoms with Crippen LogP contribution in [0, 0.1) is 28.6 Å². The Kier molecular flexibility index (Phi) is 3.99. The number of carbonyl (C=O) groups is 1. The van der Waals surface area contributed by atoms with E-state index in [2.05, 4.69) is 26.0 Å². The second kappa shape index (κ2) is 5.36. The molecule has 0 saturated heterocycles. The van der Waals surface area contributed by atoms with E-state index < -0.39 is 0 Å². The van der Waals surface area contributed by atoms with Crippen molar-refractivity contribution in [2.24, 2.45) is 17.3 Å². The number of hydrogen-bond donors (Lipinski definition) is 0. The molecule has 0 aromatic carbocycles. The molecule has 0 N–H and O–H groups in total. The van der Waals surface area contributed by atoms with Crippen LogP contribution in [-0.4, -0.2) is 12.1 Å². The molecule has 0 aliphatic heterocycles. The highest BCUT2D eigenvalue weighted by atomic mass is 16.5. The van der Waals surface area contributed by atoms with Crippen molar-refractivity contribution in [3.8, 4) is 6.07 Å². The Morgan fingerprint density at radius 2 is 2.42 bits per heavy atom. The van der Waals surface area contributed by atoms with Crippen molar-refractivity contribution in [3.05, 3.63) is 11.6 Å². The molecule has 4 unspecified atom stereocenters. The van der Waals surface area contributed by atoms with E-state index in [0.717, 1.165) is 25.7 Å². The molecule has 2 aliphatic rings. The highest BCUT2D eigenvalue weighted by Gasteiger charge is 2.49. The molecule has 0 spiro atoms. The fourth-order valence-electron chi connectivity index (χ4n) is 4.09. The summed E-state index contributed by atoms with van der Waals surface area (Å²) in [6, 6.07) is 2.27. The molecular formula is C16H23NO2. The first-order valence-corrected chi connectivity index (χ1v) is 7.23. The van der Waals surface area contributed by atoms with Crippen molar-refractivity contribution in [1.82, 2.24) is 0 Å². The lowest BCUT2D eigenvalue weighted by Gasteiger charge is -2.44. The van der Waals surface area contributed by atoms with Gasteiger partial charge in [0.1, 0.15) is 6.10 Å². The van der Waals surface area contributed by atoms with E-state index in [4.69, 9.17) is 10.00 Å². The third-order valence-electron chi connectivity index (χ3n) is 4.95. The fourth-order valence-corrected chi connectivity index (χ4v) is 4.09. The van der Waals surface area contributed by atoms with Gasteiger partial charge in [0.2, 0.25) is 0 Å². The van der Waals surface area contributed by atoms with E-state index in [1.807, 2.05) is 0 Å². The lowest BCUT2D eigenvalue weighted by molar-refractivity contribution is -0.153. The van der Waals surface area contributed by atoms with Gasteiger partial charge >= 0.3 is 5.97 Å². The SMILES string of the molecule is CC(=O)OC1CCCC2(C)C(C(C)CC#N)=CCC12. The van der Waals surface area contributed by atoms with Gasteiger partial charge in [0.05, 0.1) is 6.07 Å². The van der Waals surface area contributed by atoms with Crippen LogP contribution in [0.2, 0.25) is 0 Å². The monoisotopic (exact) mass is 261 g/mol. The van der Waals surface area contributed by atoms with E-state index in [-0.39, 0.29) is 17.5 Å². The van der Waals surface area contributed by atoms with Crippen LogP contribution in [-0.2, 0) is 9.53 Å². The Labute approximate surface area is 115 Å². The average Bonchev–Trinajstić information content (AvgIpc) is 2.67. The summed E-state index contributed by atoms with van der Waals surface area (Å²) in [5.74, 6) is 0.546. The topological polar surface area (TPSA) is 50.1 Å². The smallest absolute Gasteiger partial charge is 0.302 e. The van der Waals surface area contributed by atoms with Crippen molar-refractivity contribution >= 4 is 5.97 Å². The molecule has 104 valence electrons. The Hall–Kier alpha value is -1.30. The largest absolute Gasteiger partial charge is 0.462 e. The van der Waals surface area contributed by atoms with E-state index in [1.54, 1.807) is 0 Å². The summed E-state index contributed by atoms with van der Waals surface area (Å²) in [6.45, 7) is 5.92. The Bertz CT molecular complexity index is 435. The lowest BCUT2D eigenvalue weighted by Crippen LogP contribution is -2.41. The molecule has 0 heterocycles. The number of allylic oxidation sites excluding steroid dienone is 2. The van der Waals surface area contributed by atoms with Gasteiger partial charge in [-0.1, -0.05) is 25.5 Å². The number of nitriles is 1. The number of esters is 1. The van der Waals surface area contributed by atoms with Crippen molar-refractivity contribution in [2.75, 3.05) is 0 Å². The number of hydrogen-bond acceptors (Lipinski definition) is 3. The Balaban J connectivity index is 2.17. The number of fused-ring (bicyclic) bond motifs is 1. The minimum Gasteiger partial charge on any atom is -0.462 e. The molecule has 2 aliphatic carbocycles. The zero-order valence-corrected chi connectivity index (χ0v) is 12.1. The molecule has 3 heteroatoms. The van der Waals surface area contributed by atoms with Gasteiger partial charge in [-0.05, 0) is 37.0 Å². The Morgan fingerprint density at radius 1 is 1.68 bits per heavy atom. The molecular weight excluding hydrogens is 238 g/mol. The number of ether oxygens (including phenoxy) is 1. The first kappa shape index (κ1) is 14.1. The van der Waals surface area contributed by atoms with Gasteiger partial charge in [0, 0.05) is 19.3 Å². The van der Waals surface area contributed by atoms with Gasteiger partial charge in [0.25, 0.3) is 0 Å². The van der Waals surface area contributed by atoms with Crippen molar-refractivity contribution < 1.29 is 9.53 Å². The highest BCUT2D eigenvalue weighted by Crippen LogP contribution is 2.55. The second-order valence-electron chi connectivity index (χ2n) is 6.22. The van der Waals surface area contributed by atoms with Crippen LogP contribution >= 0.6 is 0 Å². The van der Waals surface area contributed by atoms with Crippen molar-refractivity contribution in [2.45, 2.75) is 59.0 Å². The van der Waals surface area contributed by atoms with Gasteiger partial charge in [-0.3, -0.25) is 4.79 Å². The Morgan fingerprint density at radius 3 is 3.05 bits per heavy atom. The lowest BCUT2D eigenvalue weighted by atomic mass is 9.63. The van der Waals surface area contributed by atoms with Crippen LogP contribution in [0.1, 0.15) is 52.9 Å². The molecule has 0 aromatic rings. The molecule has 3 nitrogen and oxygen atoms in total. The summed E-state index contributed by atoms with van der Waals surface area (Å²) < 4.78 is 5.52. The summed E-state index contributed by atoms with van der Waals surface area (Å²) in [5, 5.41) is 8.90. The summed E-state index contributed by atoms with van der Waals surface area (Å²) in [7, 11) is 0. The molecule has 1 saturated carbocycles. The maximum absolute atomic E-state index is 11.2. The fraction of sp³-hybridized carbons (Fsp3) is 0.750. The van der Waals surface area contributed by atoms with Crippen LogP contribution in [0.15, 0.2) is 11.6 Å². The molecule has 4 atom stereocenters. The van der Waals surface area contributed by atoms with E-state index in [1.165, 1.54) is 12.5 Å². The summed E-state index contributed by atoms with van der Waals surface area (Å²) in [6.07, 6.45) is 7.14. The van der Waals surface area contributed by atoms with Crippen LogP contribution in [0.25, 0.3) is 0 Å². The second-order valence-corrected chi connectivity index (χ2v) is 6.22. The standard InChI is InChI=1S/C16H23NO2/c1-11(8-10-17)13-6-7-14-15(19-12(2)18)5-4-9-16(13,14)3/h6,11,14-15H,4-5,7-9H2,1-3H3. The molecule has 1 fully saturated rings. The predicted molar refractivity (Wildman–Crippen MR) is 73.1 cm³/mol. The molecule has 0 aromatic heterocycles.